The Morgan fingerprint density at radius 1 is 0.264 bits per heavy atom. The molecule has 0 spiro atoms. The van der Waals surface area contributed by atoms with Gasteiger partial charge in [-0.25, -0.2) is 0 Å². The first kappa shape index (κ1) is 32.0. The standard InChI is InChI=1S/C52H37N/c1-4-17-38(18-5-1)43-25-14-26-45(37-43)53(44-35-33-42(34-36-44)47-30-15-24-40-23-10-11-27-46(40)47)51-32-16-31-49(41-21-8-3-9-22-41)52(51)50-29-13-12-28-48(50)39-19-6-2-7-20-39/h1-37H. The maximum Gasteiger partial charge on any atom is 0.0546 e. The van der Waals surface area contributed by atoms with Crippen molar-refractivity contribution >= 4 is 27.8 Å². The van der Waals surface area contributed by atoms with Gasteiger partial charge in [-0.2, -0.15) is 0 Å². The fourth-order valence-corrected chi connectivity index (χ4v) is 7.59. The van der Waals surface area contributed by atoms with Gasteiger partial charge in [0.1, 0.15) is 0 Å². The number of anilines is 3. The van der Waals surface area contributed by atoms with Gasteiger partial charge in [0, 0.05) is 16.9 Å². The molecule has 0 aliphatic rings. The molecule has 9 aromatic carbocycles. The maximum atomic E-state index is 2.43. The second-order valence-corrected chi connectivity index (χ2v) is 13.3. The Morgan fingerprint density at radius 3 is 1.49 bits per heavy atom. The first-order valence-corrected chi connectivity index (χ1v) is 18.2. The van der Waals surface area contributed by atoms with Crippen molar-refractivity contribution in [3.63, 3.8) is 0 Å². The number of hydrogen-bond donors (Lipinski definition) is 0. The van der Waals surface area contributed by atoms with E-state index in [9.17, 15) is 0 Å². The van der Waals surface area contributed by atoms with E-state index >= 15 is 0 Å². The Bertz CT molecular complexity index is 2640. The Morgan fingerprint density at radius 2 is 0.755 bits per heavy atom. The van der Waals surface area contributed by atoms with Crippen molar-refractivity contribution in [3.05, 3.63) is 224 Å². The first-order chi connectivity index (χ1) is 26.3. The molecule has 0 saturated heterocycles. The van der Waals surface area contributed by atoms with Gasteiger partial charge in [0.15, 0.2) is 0 Å². The van der Waals surface area contributed by atoms with E-state index in [0.29, 0.717) is 0 Å². The van der Waals surface area contributed by atoms with Gasteiger partial charge in [-0.3, -0.25) is 0 Å². The summed E-state index contributed by atoms with van der Waals surface area (Å²) in [5.41, 5.74) is 15.2. The molecule has 0 bridgehead atoms. The van der Waals surface area contributed by atoms with E-state index in [1.807, 2.05) is 0 Å². The third-order valence-corrected chi connectivity index (χ3v) is 10.1. The summed E-state index contributed by atoms with van der Waals surface area (Å²) in [6, 6.07) is 80.9. The smallest absolute Gasteiger partial charge is 0.0546 e. The van der Waals surface area contributed by atoms with Crippen LogP contribution in [-0.2, 0) is 0 Å². The van der Waals surface area contributed by atoms with Crippen molar-refractivity contribution < 1.29 is 0 Å². The van der Waals surface area contributed by atoms with Crippen molar-refractivity contribution in [2.24, 2.45) is 0 Å². The molecule has 0 fully saturated rings. The lowest BCUT2D eigenvalue weighted by atomic mass is 9.87. The summed E-state index contributed by atoms with van der Waals surface area (Å²) in [5, 5.41) is 2.50. The number of hydrogen-bond acceptors (Lipinski definition) is 1. The largest absolute Gasteiger partial charge is 0.310 e. The molecular weight excluding hydrogens is 639 g/mol. The van der Waals surface area contributed by atoms with Gasteiger partial charge in [-0.05, 0) is 91.2 Å². The molecule has 0 radical (unpaired) electrons. The molecule has 0 heterocycles. The van der Waals surface area contributed by atoms with Crippen LogP contribution in [-0.4, -0.2) is 0 Å². The summed E-state index contributed by atoms with van der Waals surface area (Å²) in [6.07, 6.45) is 0. The maximum absolute atomic E-state index is 2.43. The van der Waals surface area contributed by atoms with Crippen molar-refractivity contribution in [1.29, 1.82) is 0 Å². The summed E-state index contributed by atoms with van der Waals surface area (Å²) in [4.78, 5) is 2.43. The molecule has 9 rings (SSSR count). The summed E-state index contributed by atoms with van der Waals surface area (Å²) in [6.45, 7) is 0. The number of nitrogens with zero attached hydrogens (tertiary/aromatic N) is 1. The molecule has 1 heteroatoms. The summed E-state index contributed by atoms with van der Waals surface area (Å²) in [5.74, 6) is 0. The average molecular weight is 676 g/mol. The van der Waals surface area contributed by atoms with E-state index in [0.717, 1.165) is 17.1 Å². The number of benzene rings is 9. The molecule has 0 aliphatic carbocycles. The molecule has 0 unspecified atom stereocenters. The van der Waals surface area contributed by atoms with Gasteiger partial charge in [0.25, 0.3) is 0 Å². The van der Waals surface area contributed by atoms with Gasteiger partial charge in [0.2, 0.25) is 0 Å². The quantitative estimate of drug-likeness (QED) is 0.155. The summed E-state index contributed by atoms with van der Waals surface area (Å²) >= 11 is 0. The van der Waals surface area contributed by atoms with E-state index in [1.165, 1.54) is 66.4 Å². The zero-order valence-corrected chi connectivity index (χ0v) is 29.3. The van der Waals surface area contributed by atoms with E-state index < -0.39 is 0 Å². The van der Waals surface area contributed by atoms with Crippen LogP contribution in [0.25, 0.3) is 66.4 Å². The molecule has 0 aliphatic heterocycles. The van der Waals surface area contributed by atoms with Crippen LogP contribution < -0.4 is 4.90 Å². The highest BCUT2D eigenvalue weighted by Crippen LogP contribution is 2.48. The average Bonchev–Trinajstić information content (AvgIpc) is 3.25. The van der Waals surface area contributed by atoms with Crippen LogP contribution in [0.3, 0.4) is 0 Å². The zero-order chi connectivity index (χ0) is 35.4. The predicted octanol–water partition coefficient (Wildman–Crippen LogP) is 14.6. The molecule has 53 heavy (non-hydrogen) atoms. The Balaban J connectivity index is 1.30. The van der Waals surface area contributed by atoms with Gasteiger partial charge in [-0.15, -0.1) is 0 Å². The normalized spacial score (nSPS) is 11.0. The van der Waals surface area contributed by atoms with Gasteiger partial charge in [-0.1, -0.05) is 194 Å². The molecule has 0 amide bonds. The second-order valence-electron chi connectivity index (χ2n) is 13.3. The fraction of sp³-hybridized carbons (Fsp3) is 0. The molecule has 0 aromatic heterocycles. The van der Waals surface area contributed by atoms with Crippen molar-refractivity contribution in [2.45, 2.75) is 0 Å². The summed E-state index contributed by atoms with van der Waals surface area (Å²) < 4.78 is 0. The van der Waals surface area contributed by atoms with Crippen LogP contribution in [0.4, 0.5) is 17.1 Å². The molecule has 250 valence electrons. The van der Waals surface area contributed by atoms with E-state index in [2.05, 4.69) is 229 Å². The predicted molar refractivity (Wildman–Crippen MR) is 226 cm³/mol. The molecular formula is C52H37N. The van der Waals surface area contributed by atoms with Gasteiger partial charge < -0.3 is 4.90 Å². The molecule has 0 atom stereocenters. The lowest BCUT2D eigenvalue weighted by Crippen LogP contribution is -2.12. The molecule has 0 N–H and O–H groups in total. The highest BCUT2D eigenvalue weighted by atomic mass is 15.1. The van der Waals surface area contributed by atoms with Crippen LogP contribution in [0.1, 0.15) is 0 Å². The fourth-order valence-electron chi connectivity index (χ4n) is 7.59. The Labute approximate surface area is 311 Å². The van der Waals surface area contributed by atoms with Crippen LogP contribution in [0, 0.1) is 0 Å². The minimum atomic E-state index is 1.09. The minimum absolute atomic E-state index is 1.09. The molecule has 9 aromatic rings. The monoisotopic (exact) mass is 675 g/mol. The minimum Gasteiger partial charge on any atom is -0.310 e. The molecule has 0 saturated carbocycles. The van der Waals surface area contributed by atoms with Crippen LogP contribution in [0.15, 0.2) is 224 Å². The third-order valence-electron chi connectivity index (χ3n) is 10.1. The van der Waals surface area contributed by atoms with E-state index in [4.69, 9.17) is 0 Å². The Kier molecular flexibility index (Phi) is 8.66. The highest BCUT2D eigenvalue weighted by Gasteiger charge is 2.23. The highest BCUT2D eigenvalue weighted by molar-refractivity contribution is 6.02. The van der Waals surface area contributed by atoms with Gasteiger partial charge in [0.05, 0.1) is 5.69 Å². The van der Waals surface area contributed by atoms with Crippen LogP contribution in [0.5, 0.6) is 0 Å². The van der Waals surface area contributed by atoms with Crippen molar-refractivity contribution in [2.75, 3.05) is 4.90 Å². The van der Waals surface area contributed by atoms with E-state index in [1.54, 1.807) is 0 Å². The van der Waals surface area contributed by atoms with Crippen molar-refractivity contribution in [1.82, 2.24) is 0 Å². The number of rotatable bonds is 8. The van der Waals surface area contributed by atoms with Gasteiger partial charge >= 0.3 is 0 Å². The van der Waals surface area contributed by atoms with E-state index in [-0.39, 0.29) is 0 Å². The topological polar surface area (TPSA) is 3.24 Å². The zero-order valence-electron chi connectivity index (χ0n) is 29.3. The lowest BCUT2D eigenvalue weighted by Gasteiger charge is -2.30. The Hall–Kier alpha value is -6.96. The SMILES string of the molecule is c1ccc(-c2cccc(N(c3ccc(-c4cccc5ccccc45)cc3)c3cccc(-c4ccccc4)c3-c3ccccc3-c3ccccc3)c2)cc1. The number of fused-ring (bicyclic) bond motifs is 1. The van der Waals surface area contributed by atoms with Crippen LogP contribution >= 0.6 is 0 Å². The summed E-state index contributed by atoms with van der Waals surface area (Å²) in [7, 11) is 0. The lowest BCUT2D eigenvalue weighted by molar-refractivity contribution is 1.28. The van der Waals surface area contributed by atoms with Crippen molar-refractivity contribution in [3.8, 4) is 55.6 Å². The second kappa shape index (κ2) is 14.3. The third kappa shape index (κ3) is 6.30. The van der Waals surface area contributed by atoms with Crippen LogP contribution in [0.2, 0.25) is 0 Å². The first-order valence-electron chi connectivity index (χ1n) is 18.2. The molecule has 1 nitrogen and oxygen atoms in total.